The summed E-state index contributed by atoms with van der Waals surface area (Å²) in [6.45, 7) is 5.71. The van der Waals surface area contributed by atoms with Gasteiger partial charge in [0.25, 0.3) is 0 Å². The van der Waals surface area contributed by atoms with Gasteiger partial charge in [0, 0.05) is 44.6 Å². The number of benzene rings is 2. The van der Waals surface area contributed by atoms with Crippen LogP contribution in [0.25, 0.3) is 16.6 Å². The second-order valence-corrected chi connectivity index (χ2v) is 9.97. The zero-order valence-electron chi connectivity index (χ0n) is 22.0. The number of fused-ring (bicyclic) bond motifs is 2. The molecule has 2 aromatic carbocycles. The van der Waals surface area contributed by atoms with Crippen LogP contribution in [0, 0.1) is 18.8 Å². The SMILES string of the molecule is Cc1ccc2c(Nc3cc(CN4CCN(C)CC4)cc(C(F)(F)F)c3)noc2c1C#Cc1cnc2cccnn12. The van der Waals surface area contributed by atoms with Crippen LogP contribution in [0.3, 0.4) is 0 Å². The fourth-order valence-electron chi connectivity index (χ4n) is 4.81. The van der Waals surface area contributed by atoms with Gasteiger partial charge in [-0.2, -0.15) is 18.3 Å². The van der Waals surface area contributed by atoms with Crippen LogP contribution in [0.1, 0.15) is 27.9 Å². The Balaban J connectivity index is 1.32. The average molecular weight is 546 g/mol. The number of likely N-dealkylation sites (N-methyl/N-ethyl adjacent to an activating group) is 1. The van der Waals surface area contributed by atoms with Crippen molar-refractivity contribution < 1.29 is 17.7 Å². The predicted octanol–water partition coefficient (Wildman–Crippen LogP) is 5.09. The summed E-state index contributed by atoms with van der Waals surface area (Å²) in [5, 5.41) is 12.1. The molecule has 0 saturated carbocycles. The zero-order chi connectivity index (χ0) is 27.9. The lowest BCUT2D eigenvalue weighted by Crippen LogP contribution is -2.43. The highest BCUT2D eigenvalue weighted by Crippen LogP contribution is 2.35. The Bertz CT molecular complexity index is 1750. The molecule has 1 N–H and O–H groups in total. The fraction of sp³-hybridized carbons (Fsp3) is 0.276. The lowest BCUT2D eigenvalue weighted by Gasteiger charge is -2.32. The molecule has 1 aliphatic rings. The minimum absolute atomic E-state index is 0.291. The summed E-state index contributed by atoms with van der Waals surface area (Å²) in [6.07, 6.45) is -1.18. The van der Waals surface area contributed by atoms with Gasteiger partial charge in [-0.25, -0.2) is 9.50 Å². The predicted molar refractivity (Wildman–Crippen MR) is 145 cm³/mol. The van der Waals surface area contributed by atoms with Crippen molar-refractivity contribution in [3.05, 3.63) is 82.8 Å². The van der Waals surface area contributed by atoms with Gasteiger partial charge in [0.15, 0.2) is 17.0 Å². The van der Waals surface area contributed by atoms with Crippen molar-refractivity contribution in [2.45, 2.75) is 19.6 Å². The van der Waals surface area contributed by atoms with E-state index in [2.05, 4.69) is 42.2 Å². The molecule has 0 radical (unpaired) electrons. The maximum atomic E-state index is 13.8. The van der Waals surface area contributed by atoms with Gasteiger partial charge >= 0.3 is 6.18 Å². The number of rotatable bonds is 4. The lowest BCUT2D eigenvalue weighted by molar-refractivity contribution is -0.137. The molecule has 8 nitrogen and oxygen atoms in total. The first-order chi connectivity index (χ1) is 19.2. The van der Waals surface area contributed by atoms with Crippen molar-refractivity contribution in [3.8, 4) is 11.8 Å². The van der Waals surface area contributed by atoms with E-state index in [4.69, 9.17) is 4.52 Å². The number of alkyl halides is 3. The smallest absolute Gasteiger partial charge is 0.353 e. The zero-order valence-corrected chi connectivity index (χ0v) is 22.0. The molecule has 0 unspecified atom stereocenters. The van der Waals surface area contributed by atoms with E-state index in [9.17, 15) is 13.2 Å². The van der Waals surface area contributed by atoms with Crippen molar-refractivity contribution >= 4 is 28.1 Å². The summed E-state index contributed by atoms with van der Waals surface area (Å²) in [7, 11) is 2.04. The van der Waals surface area contributed by atoms with Crippen molar-refractivity contribution in [1.29, 1.82) is 0 Å². The van der Waals surface area contributed by atoms with Crippen molar-refractivity contribution in [1.82, 2.24) is 29.6 Å². The van der Waals surface area contributed by atoms with Gasteiger partial charge < -0.3 is 14.7 Å². The number of aromatic nitrogens is 4. The third-order valence-corrected chi connectivity index (χ3v) is 7.03. The first-order valence-electron chi connectivity index (χ1n) is 12.8. The van der Waals surface area contributed by atoms with Gasteiger partial charge in [-0.15, -0.1) is 0 Å². The van der Waals surface area contributed by atoms with Crippen LogP contribution in [-0.4, -0.2) is 62.8 Å². The van der Waals surface area contributed by atoms with E-state index in [1.807, 2.05) is 32.2 Å². The number of nitrogens with zero attached hydrogens (tertiary/aromatic N) is 6. The van der Waals surface area contributed by atoms with Crippen molar-refractivity contribution in [2.75, 3.05) is 38.5 Å². The molecular formula is C29H26F3N7O. The normalized spacial score (nSPS) is 14.9. The second kappa shape index (κ2) is 10.3. The Morgan fingerprint density at radius 2 is 1.88 bits per heavy atom. The molecule has 5 aromatic rings. The summed E-state index contributed by atoms with van der Waals surface area (Å²) in [5.41, 5.74) is 3.40. The summed E-state index contributed by atoms with van der Waals surface area (Å²) in [6, 6.07) is 11.4. The van der Waals surface area contributed by atoms with E-state index < -0.39 is 11.7 Å². The van der Waals surface area contributed by atoms with Crippen LogP contribution in [0.15, 0.2) is 59.4 Å². The van der Waals surface area contributed by atoms with E-state index in [1.165, 1.54) is 6.07 Å². The Hall–Kier alpha value is -4.40. The summed E-state index contributed by atoms with van der Waals surface area (Å²) in [5.74, 6) is 6.56. The molecule has 0 aliphatic carbocycles. The average Bonchev–Trinajstić information content (AvgIpc) is 3.53. The molecule has 40 heavy (non-hydrogen) atoms. The van der Waals surface area contributed by atoms with Gasteiger partial charge in [0.2, 0.25) is 0 Å². The molecule has 204 valence electrons. The molecule has 11 heteroatoms. The number of anilines is 2. The lowest BCUT2D eigenvalue weighted by atomic mass is 10.1. The molecule has 1 aliphatic heterocycles. The highest BCUT2D eigenvalue weighted by atomic mass is 19.4. The summed E-state index contributed by atoms with van der Waals surface area (Å²) < 4.78 is 48.7. The molecule has 3 aromatic heterocycles. The fourth-order valence-corrected chi connectivity index (χ4v) is 4.81. The second-order valence-electron chi connectivity index (χ2n) is 9.97. The Morgan fingerprint density at radius 3 is 2.67 bits per heavy atom. The molecule has 6 rings (SSSR count). The van der Waals surface area contributed by atoms with E-state index in [0.717, 1.165) is 37.8 Å². The molecule has 1 fully saturated rings. The van der Waals surface area contributed by atoms with Crippen LogP contribution >= 0.6 is 0 Å². The first-order valence-corrected chi connectivity index (χ1v) is 12.8. The number of nitrogens with one attached hydrogen (secondary N) is 1. The quantitative estimate of drug-likeness (QED) is 0.316. The minimum atomic E-state index is -4.48. The van der Waals surface area contributed by atoms with Gasteiger partial charge in [0.1, 0.15) is 5.69 Å². The van der Waals surface area contributed by atoms with E-state index in [1.54, 1.807) is 29.0 Å². The molecule has 1 saturated heterocycles. The van der Waals surface area contributed by atoms with Gasteiger partial charge in [-0.05, 0) is 67.4 Å². The van der Waals surface area contributed by atoms with Gasteiger partial charge in [0.05, 0.1) is 22.7 Å². The maximum absolute atomic E-state index is 13.8. The Kier molecular flexibility index (Phi) is 6.65. The van der Waals surface area contributed by atoms with Gasteiger partial charge in [-0.3, -0.25) is 4.90 Å². The molecular weight excluding hydrogens is 519 g/mol. The standard InChI is InChI=1S/C29H26F3N7O/c1-19-5-7-25-27(24(19)8-6-23-17-33-26-4-3-9-34-39(23)26)40-36-28(25)35-22-15-20(14-21(16-22)29(30,31)32)18-38-12-10-37(2)11-13-38/h3-5,7,9,14-17H,10-13,18H2,1-2H3,(H,35,36). The Labute approximate surface area is 228 Å². The number of halogens is 3. The summed E-state index contributed by atoms with van der Waals surface area (Å²) >= 11 is 0. The monoisotopic (exact) mass is 545 g/mol. The number of piperazine rings is 1. The maximum Gasteiger partial charge on any atom is 0.416 e. The van der Waals surface area contributed by atoms with E-state index >= 15 is 0 Å². The number of hydrogen-bond acceptors (Lipinski definition) is 7. The minimum Gasteiger partial charge on any atom is -0.353 e. The van der Waals surface area contributed by atoms with Crippen LogP contribution in [-0.2, 0) is 12.7 Å². The summed E-state index contributed by atoms with van der Waals surface area (Å²) in [4.78, 5) is 8.68. The third kappa shape index (κ3) is 5.23. The molecule has 0 atom stereocenters. The third-order valence-electron chi connectivity index (χ3n) is 7.03. The van der Waals surface area contributed by atoms with Crippen LogP contribution in [0.5, 0.6) is 0 Å². The molecule has 0 spiro atoms. The van der Waals surface area contributed by atoms with E-state index in [-0.39, 0.29) is 0 Å². The Morgan fingerprint density at radius 1 is 1.05 bits per heavy atom. The highest BCUT2D eigenvalue weighted by molar-refractivity contribution is 5.94. The van der Waals surface area contributed by atoms with Gasteiger partial charge in [-0.1, -0.05) is 17.1 Å². The van der Waals surface area contributed by atoms with Crippen LogP contribution in [0.4, 0.5) is 24.7 Å². The van der Waals surface area contributed by atoms with Crippen molar-refractivity contribution in [2.24, 2.45) is 0 Å². The van der Waals surface area contributed by atoms with Crippen LogP contribution in [0.2, 0.25) is 0 Å². The molecule has 0 bridgehead atoms. The first kappa shape index (κ1) is 25.9. The highest BCUT2D eigenvalue weighted by Gasteiger charge is 2.31. The largest absolute Gasteiger partial charge is 0.416 e. The number of aryl methyl sites for hydroxylation is 1. The number of imidazole rings is 1. The van der Waals surface area contributed by atoms with Crippen LogP contribution < -0.4 is 5.32 Å². The van der Waals surface area contributed by atoms with Crippen molar-refractivity contribution in [3.63, 3.8) is 0 Å². The molecule has 4 heterocycles. The number of hydrogen-bond donors (Lipinski definition) is 1. The molecule has 0 amide bonds. The van der Waals surface area contributed by atoms with E-state index in [0.29, 0.717) is 51.5 Å². The topological polar surface area (TPSA) is 74.7 Å².